The van der Waals surface area contributed by atoms with E-state index in [-0.39, 0.29) is 46.1 Å². The zero-order chi connectivity index (χ0) is 23.3. The van der Waals surface area contributed by atoms with Gasteiger partial charge in [-0.05, 0) is 38.0 Å². The zero-order valence-electron chi connectivity index (χ0n) is 18.0. The predicted octanol–water partition coefficient (Wildman–Crippen LogP) is 5.02. The molecule has 0 unspecified atom stereocenters. The van der Waals surface area contributed by atoms with Gasteiger partial charge in [0.2, 0.25) is 5.82 Å². The number of fused-ring (bicyclic) bond motifs is 2. The molecule has 2 heterocycles. The topological polar surface area (TPSA) is 70.4 Å². The van der Waals surface area contributed by atoms with Crippen LogP contribution in [0, 0.1) is 11.6 Å². The van der Waals surface area contributed by atoms with Crippen molar-refractivity contribution in [2.24, 2.45) is 0 Å². The molecule has 1 aliphatic rings. The molecule has 0 saturated heterocycles. The first-order valence-corrected chi connectivity index (χ1v) is 10.6. The molecule has 0 amide bonds. The number of hydrogen-bond donors (Lipinski definition) is 0. The minimum Gasteiger partial charge on any atom is -0.491 e. The van der Waals surface area contributed by atoms with Crippen molar-refractivity contribution in [2.75, 3.05) is 13.7 Å². The van der Waals surface area contributed by atoms with E-state index >= 15 is 0 Å². The van der Waals surface area contributed by atoms with Crippen molar-refractivity contribution in [1.29, 1.82) is 0 Å². The number of nitrogens with zero attached hydrogens (tertiary/aromatic N) is 2. The Kier molecular flexibility index (Phi) is 5.08. The lowest BCUT2D eigenvalue weighted by Crippen LogP contribution is -2.17. The molecule has 4 aromatic rings. The van der Waals surface area contributed by atoms with Crippen LogP contribution in [0.3, 0.4) is 0 Å². The van der Waals surface area contributed by atoms with E-state index in [2.05, 4.69) is 4.98 Å². The van der Waals surface area contributed by atoms with E-state index in [0.29, 0.717) is 5.52 Å². The van der Waals surface area contributed by atoms with E-state index in [4.69, 9.17) is 9.47 Å². The second-order valence-corrected chi connectivity index (χ2v) is 7.91. The third kappa shape index (κ3) is 3.42. The summed E-state index contributed by atoms with van der Waals surface area (Å²) in [6, 6.07) is 9.78. The molecule has 0 N–H and O–H groups in total. The van der Waals surface area contributed by atoms with Crippen molar-refractivity contribution in [3.05, 3.63) is 70.1 Å². The van der Waals surface area contributed by atoms with Gasteiger partial charge in [-0.15, -0.1) is 0 Å². The molecule has 1 fully saturated rings. The second kappa shape index (κ2) is 7.95. The zero-order valence-corrected chi connectivity index (χ0v) is 18.0. The molecule has 1 saturated carbocycles. The Labute approximate surface area is 187 Å². The van der Waals surface area contributed by atoms with Gasteiger partial charge >= 0.3 is 5.97 Å². The maximum absolute atomic E-state index is 14.5. The highest BCUT2D eigenvalue weighted by atomic mass is 19.2. The number of benzene rings is 2. The van der Waals surface area contributed by atoms with Crippen LogP contribution in [-0.2, 0) is 4.74 Å². The number of aromatic nitrogens is 2. The molecule has 1 aliphatic carbocycles. The van der Waals surface area contributed by atoms with Crippen LogP contribution in [0.5, 0.6) is 5.75 Å². The van der Waals surface area contributed by atoms with Crippen molar-refractivity contribution in [2.45, 2.75) is 25.8 Å². The van der Waals surface area contributed by atoms with E-state index in [1.54, 1.807) is 35.9 Å². The summed E-state index contributed by atoms with van der Waals surface area (Å²) in [5.74, 6) is -3.31. The summed E-state index contributed by atoms with van der Waals surface area (Å²) in [6.07, 6.45) is 3.22. The van der Waals surface area contributed by atoms with Crippen LogP contribution in [0.2, 0.25) is 0 Å². The molecule has 6 nitrogen and oxygen atoms in total. The monoisotopic (exact) mass is 450 g/mol. The van der Waals surface area contributed by atoms with Crippen LogP contribution in [0.25, 0.3) is 32.9 Å². The molecule has 168 valence electrons. The lowest BCUT2D eigenvalue weighted by atomic mass is 10.00. The maximum atomic E-state index is 14.5. The molecule has 0 radical (unpaired) electrons. The molecule has 33 heavy (non-hydrogen) atoms. The average Bonchev–Trinajstić information content (AvgIpc) is 3.65. The first-order valence-electron chi connectivity index (χ1n) is 10.6. The molecule has 0 atom stereocenters. The highest BCUT2D eigenvalue weighted by molar-refractivity contribution is 6.00. The Bertz CT molecular complexity index is 1490. The van der Waals surface area contributed by atoms with Gasteiger partial charge in [0.15, 0.2) is 22.7 Å². The Morgan fingerprint density at radius 1 is 1.18 bits per heavy atom. The van der Waals surface area contributed by atoms with Crippen molar-refractivity contribution in [3.63, 3.8) is 0 Å². The smallest absolute Gasteiger partial charge is 0.357 e. The summed E-state index contributed by atoms with van der Waals surface area (Å²) in [7, 11) is 1.24. The summed E-state index contributed by atoms with van der Waals surface area (Å²) in [4.78, 5) is 30.8. The van der Waals surface area contributed by atoms with Gasteiger partial charge in [-0.3, -0.25) is 4.79 Å². The van der Waals surface area contributed by atoms with Crippen LogP contribution >= 0.6 is 0 Å². The summed E-state index contributed by atoms with van der Waals surface area (Å²) in [6.45, 7) is 1.82. The number of methoxy groups -OCH3 is 1. The minimum absolute atomic E-state index is 0.00469. The van der Waals surface area contributed by atoms with Gasteiger partial charge < -0.3 is 14.0 Å². The molecule has 8 heteroatoms. The lowest BCUT2D eigenvalue weighted by molar-refractivity contribution is 0.0521. The number of carbonyl (C=O) groups is 1. The SMILES string of the molecule is CCOC(=O)c1nc2ccccc2cc1-c1cn(C2CC2)c2c(OC)c(F)c(F)cc2c1=O. The molecular weight excluding hydrogens is 430 g/mol. The Balaban J connectivity index is 1.89. The summed E-state index contributed by atoms with van der Waals surface area (Å²) >= 11 is 0. The number of pyridine rings is 2. The van der Waals surface area contributed by atoms with Crippen LogP contribution in [0.1, 0.15) is 36.3 Å². The third-order valence-corrected chi connectivity index (χ3v) is 5.79. The fraction of sp³-hybridized carbons (Fsp3) is 0.240. The van der Waals surface area contributed by atoms with Gasteiger partial charge in [0.05, 0.1) is 30.1 Å². The molecule has 0 aliphatic heterocycles. The van der Waals surface area contributed by atoms with E-state index < -0.39 is 23.0 Å². The van der Waals surface area contributed by atoms with E-state index in [0.717, 1.165) is 24.3 Å². The second-order valence-electron chi connectivity index (χ2n) is 7.91. The minimum atomic E-state index is -1.18. The third-order valence-electron chi connectivity index (χ3n) is 5.79. The Hall–Kier alpha value is -3.81. The lowest BCUT2D eigenvalue weighted by Gasteiger charge is -2.17. The average molecular weight is 450 g/mol. The first kappa shape index (κ1) is 21.1. The number of ether oxygens (including phenoxy) is 2. The van der Waals surface area contributed by atoms with Gasteiger partial charge in [-0.25, -0.2) is 14.2 Å². The fourth-order valence-electron chi connectivity index (χ4n) is 4.13. The largest absolute Gasteiger partial charge is 0.491 e. The van der Waals surface area contributed by atoms with E-state index in [1.807, 2.05) is 12.1 Å². The molecule has 0 spiro atoms. The quantitative estimate of drug-likeness (QED) is 0.400. The van der Waals surface area contributed by atoms with Gasteiger partial charge in [-0.1, -0.05) is 18.2 Å². The van der Waals surface area contributed by atoms with Gasteiger partial charge in [0.25, 0.3) is 0 Å². The summed E-state index contributed by atoms with van der Waals surface area (Å²) in [5.41, 5.74) is 0.632. The Morgan fingerprint density at radius 2 is 1.94 bits per heavy atom. The first-order chi connectivity index (χ1) is 15.9. The number of carbonyl (C=O) groups excluding carboxylic acids is 1. The molecule has 5 rings (SSSR count). The van der Waals surface area contributed by atoms with Crippen LogP contribution in [0.4, 0.5) is 8.78 Å². The fourth-order valence-corrected chi connectivity index (χ4v) is 4.13. The number of para-hydroxylation sites is 1. The number of hydrogen-bond acceptors (Lipinski definition) is 5. The highest BCUT2D eigenvalue weighted by Crippen LogP contribution is 2.41. The van der Waals surface area contributed by atoms with Gasteiger partial charge in [0.1, 0.15) is 0 Å². The van der Waals surface area contributed by atoms with Crippen molar-refractivity contribution in [3.8, 4) is 16.9 Å². The van der Waals surface area contributed by atoms with Crippen LogP contribution in [-0.4, -0.2) is 29.2 Å². The molecule has 2 aromatic carbocycles. The molecule has 2 aromatic heterocycles. The molecule has 0 bridgehead atoms. The van der Waals surface area contributed by atoms with Gasteiger partial charge in [0, 0.05) is 28.8 Å². The van der Waals surface area contributed by atoms with Crippen molar-refractivity contribution >= 4 is 27.8 Å². The highest BCUT2D eigenvalue weighted by Gasteiger charge is 2.30. The predicted molar refractivity (Wildman–Crippen MR) is 120 cm³/mol. The van der Waals surface area contributed by atoms with Crippen LogP contribution < -0.4 is 10.2 Å². The summed E-state index contributed by atoms with van der Waals surface area (Å²) in [5, 5.41) is 0.694. The van der Waals surface area contributed by atoms with Crippen molar-refractivity contribution < 1.29 is 23.0 Å². The molecular formula is C25H20F2N2O4. The van der Waals surface area contributed by atoms with E-state index in [9.17, 15) is 18.4 Å². The maximum Gasteiger partial charge on any atom is 0.357 e. The number of esters is 1. The Morgan fingerprint density at radius 3 is 2.64 bits per heavy atom. The number of rotatable bonds is 5. The number of halogens is 2. The van der Waals surface area contributed by atoms with Crippen LogP contribution in [0.15, 0.2) is 47.4 Å². The normalized spacial score (nSPS) is 13.5. The van der Waals surface area contributed by atoms with Crippen molar-refractivity contribution in [1.82, 2.24) is 9.55 Å². The van der Waals surface area contributed by atoms with Gasteiger partial charge in [-0.2, -0.15) is 4.39 Å². The standard InChI is InChI=1S/C25H20F2N2O4/c1-3-33-25(31)21-15(10-13-6-4-5-7-19(13)28-21)17-12-29(14-8-9-14)22-16(23(17)30)11-18(26)20(27)24(22)32-2/h4-7,10-12,14H,3,8-9H2,1-2H3. The van der Waals surface area contributed by atoms with E-state index in [1.165, 1.54) is 7.11 Å². The summed E-state index contributed by atoms with van der Waals surface area (Å²) < 4.78 is 40.9.